The number of rotatable bonds is 5. The fourth-order valence-corrected chi connectivity index (χ4v) is 2.45. The zero-order valence-corrected chi connectivity index (χ0v) is 14.9. The summed E-state index contributed by atoms with van der Waals surface area (Å²) in [5, 5.41) is 0.542. The van der Waals surface area contributed by atoms with E-state index in [-0.39, 0.29) is 11.5 Å². The predicted molar refractivity (Wildman–Crippen MR) is 89.3 cm³/mol. The van der Waals surface area contributed by atoms with Crippen molar-refractivity contribution in [2.75, 3.05) is 0 Å². The van der Waals surface area contributed by atoms with Crippen molar-refractivity contribution in [2.45, 2.75) is 59.8 Å². The van der Waals surface area contributed by atoms with Crippen LogP contribution in [0.15, 0.2) is 18.2 Å². The smallest absolute Gasteiger partial charge is 0.323 e. The Morgan fingerprint density at radius 3 is 2.32 bits per heavy atom. The molecule has 2 N–H and O–H groups in total. The van der Waals surface area contributed by atoms with E-state index in [9.17, 15) is 4.79 Å². The topological polar surface area (TPSA) is 61.5 Å². The summed E-state index contributed by atoms with van der Waals surface area (Å²) in [5.74, 6) is 0.135. The first kappa shape index (κ1) is 18.8. The second-order valence-electron chi connectivity index (χ2n) is 6.77. The van der Waals surface area contributed by atoms with E-state index in [0.29, 0.717) is 10.8 Å². The van der Waals surface area contributed by atoms with Crippen molar-refractivity contribution in [2.24, 2.45) is 11.1 Å². The van der Waals surface area contributed by atoms with Crippen LogP contribution in [-0.2, 0) is 9.53 Å². The molecular weight excluding hydrogens is 302 g/mol. The molecule has 0 bridgehead atoms. The molecule has 0 heterocycles. The van der Waals surface area contributed by atoms with Crippen molar-refractivity contribution >= 4 is 17.6 Å². The molecule has 0 spiro atoms. The van der Waals surface area contributed by atoms with Gasteiger partial charge in [0.25, 0.3) is 0 Å². The lowest BCUT2D eigenvalue weighted by atomic mass is 9.86. The Kier molecular flexibility index (Phi) is 6.27. The minimum atomic E-state index is -0.661. The Morgan fingerprint density at radius 1 is 1.27 bits per heavy atom. The van der Waals surface area contributed by atoms with E-state index in [4.69, 9.17) is 26.8 Å². The zero-order chi connectivity index (χ0) is 17.1. The van der Waals surface area contributed by atoms with Crippen LogP contribution >= 0.6 is 11.6 Å². The van der Waals surface area contributed by atoms with Gasteiger partial charge in [0.05, 0.1) is 5.02 Å². The number of hydrogen-bond donors (Lipinski definition) is 1. The Hall–Kier alpha value is -1.26. The third-order valence-electron chi connectivity index (χ3n) is 3.30. The molecule has 1 aromatic rings. The summed E-state index contributed by atoms with van der Waals surface area (Å²) in [6, 6.07) is 4.94. The average molecular weight is 328 g/mol. The van der Waals surface area contributed by atoms with Gasteiger partial charge in [-0.15, -0.1) is 0 Å². The number of carbonyl (C=O) groups excluding carboxylic acids is 1. The van der Waals surface area contributed by atoms with Crippen LogP contribution in [0.1, 0.15) is 40.2 Å². The number of aryl methyl sites for hydroxylation is 1. The fraction of sp³-hybridized carbons (Fsp3) is 0.588. The van der Waals surface area contributed by atoms with Gasteiger partial charge >= 0.3 is 5.97 Å². The Labute approximate surface area is 137 Å². The minimum absolute atomic E-state index is 0.244. The Morgan fingerprint density at radius 2 is 1.86 bits per heavy atom. The standard InChI is InChI=1S/C17H26ClNO3/c1-10-7-8-14(13(18)9-10)22-15(17(4,5)6)12(3)21-16(20)11(2)19/h7-9,11-12,15H,19H2,1-6H3/t11-,12-,15-/m0/s1. The monoisotopic (exact) mass is 327 g/mol. The SMILES string of the molecule is Cc1ccc(O[C@@H]([C@H](C)OC(=O)[C@H](C)N)C(C)(C)C)c(Cl)c1. The second-order valence-corrected chi connectivity index (χ2v) is 7.18. The molecule has 1 rings (SSSR count). The summed E-state index contributed by atoms with van der Waals surface area (Å²) >= 11 is 6.23. The van der Waals surface area contributed by atoms with Crippen LogP contribution in [0, 0.1) is 12.3 Å². The van der Waals surface area contributed by atoms with Gasteiger partial charge < -0.3 is 15.2 Å². The molecule has 0 aromatic heterocycles. The number of carbonyl (C=O) groups is 1. The first-order chi connectivity index (χ1) is 10.0. The molecule has 4 nitrogen and oxygen atoms in total. The first-order valence-corrected chi connectivity index (χ1v) is 7.79. The van der Waals surface area contributed by atoms with E-state index in [1.807, 2.05) is 45.9 Å². The van der Waals surface area contributed by atoms with Crippen LogP contribution in [0.5, 0.6) is 5.75 Å². The van der Waals surface area contributed by atoms with Gasteiger partial charge in [-0.3, -0.25) is 4.79 Å². The molecule has 0 aliphatic carbocycles. The van der Waals surface area contributed by atoms with Crippen molar-refractivity contribution in [1.82, 2.24) is 0 Å². The molecule has 0 amide bonds. The Bertz CT molecular complexity index is 523. The summed E-state index contributed by atoms with van der Waals surface area (Å²) < 4.78 is 11.5. The normalized spacial score (nSPS) is 15.8. The number of esters is 1. The lowest BCUT2D eigenvalue weighted by molar-refractivity contribution is -0.157. The number of nitrogens with two attached hydrogens (primary N) is 1. The van der Waals surface area contributed by atoms with Gasteiger partial charge in [-0.2, -0.15) is 0 Å². The molecule has 22 heavy (non-hydrogen) atoms. The maximum absolute atomic E-state index is 11.7. The molecule has 1 aromatic carbocycles. The molecule has 0 aliphatic heterocycles. The summed E-state index contributed by atoms with van der Waals surface area (Å²) in [4.78, 5) is 11.7. The fourth-order valence-electron chi connectivity index (χ4n) is 2.17. The van der Waals surface area contributed by atoms with E-state index < -0.39 is 18.1 Å². The van der Waals surface area contributed by atoms with Crippen LogP contribution in [0.2, 0.25) is 5.02 Å². The van der Waals surface area contributed by atoms with Crippen molar-refractivity contribution < 1.29 is 14.3 Å². The summed E-state index contributed by atoms with van der Waals surface area (Å²) in [7, 11) is 0. The van der Waals surface area contributed by atoms with Gasteiger partial charge in [0.1, 0.15) is 24.0 Å². The molecule has 0 aliphatic rings. The predicted octanol–water partition coefficient (Wildman–Crippen LogP) is 3.72. The Balaban J connectivity index is 2.96. The molecule has 0 unspecified atom stereocenters. The lowest BCUT2D eigenvalue weighted by Gasteiger charge is -2.35. The molecule has 0 radical (unpaired) electrons. The maximum Gasteiger partial charge on any atom is 0.323 e. The minimum Gasteiger partial charge on any atom is -0.484 e. The molecular formula is C17H26ClNO3. The largest absolute Gasteiger partial charge is 0.484 e. The van der Waals surface area contributed by atoms with E-state index in [1.54, 1.807) is 13.8 Å². The van der Waals surface area contributed by atoms with E-state index >= 15 is 0 Å². The zero-order valence-electron chi connectivity index (χ0n) is 14.1. The molecule has 0 saturated carbocycles. The molecule has 0 fully saturated rings. The van der Waals surface area contributed by atoms with Gasteiger partial charge in [0.2, 0.25) is 0 Å². The maximum atomic E-state index is 11.7. The van der Waals surface area contributed by atoms with Crippen molar-refractivity contribution in [3.63, 3.8) is 0 Å². The van der Waals surface area contributed by atoms with Gasteiger partial charge in [-0.25, -0.2) is 0 Å². The van der Waals surface area contributed by atoms with E-state index in [0.717, 1.165) is 5.56 Å². The molecule has 3 atom stereocenters. The third-order valence-corrected chi connectivity index (χ3v) is 3.59. The number of ether oxygens (including phenoxy) is 2. The highest BCUT2D eigenvalue weighted by atomic mass is 35.5. The number of halogens is 1. The summed E-state index contributed by atoms with van der Waals surface area (Å²) in [6.07, 6.45) is -0.800. The van der Waals surface area contributed by atoms with Crippen molar-refractivity contribution in [1.29, 1.82) is 0 Å². The van der Waals surface area contributed by atoms with Gasteiger partial charge in [0.15, 0.2) is 0 Å². The first-order valence-electron chi connectivity index (χ1n) is 7.41. The van der Waals surface area contributed by atoms with Crippen LogP contribution in [0.25, 0.3) is 0 Å². The number of hydrogen-bond acceptors (Lipinski definition) is 4. The highest BCUT2D eigenvalue weighted by molar-refractivity contribution is 6.32. The van der Waals surface area contributed by atoms with Crippen LogP contribution < -0.4 is 10.5 Å². The van der Waals surface area contributed by atoms with E-state index in [2.05, 4.69) is 0 Å². The molecule has 0 saturated heterocycles. The third kappa shape index (κ3) is 5.18. The van der Waals surface area contributed by atoms with Crippen molar-refractivity contribution in [3.05, 3.63) is 28.8 Å². The highest BCUT2D eigenvalue weighted by Gasteiger charge is 2.35. The highest BCUT2D eigenvalue weighted by Crippen LogP contribution is 2.32. The van der Waals surface area contributed by atoms with Gasteiger partial charge in [0, 0.05) is 5.41 Å². The van der Waals surface area contributed by atoms with Crippen LogP contribution in [0.3, 0.4) is 0 Å². The quantitative estimate of drug-likeness (QED) is 0.837. The van der Waals surface area contributed by atoms with Crippen molar-refractivity contribution in [3.8, 4) is 5.75 Å². The van der Waals surface area contributed by atoms with Gasteiger partial charge in [-0.05, 0) is 38.5 Å². The van der Waals surface area contributed by atoms with Crippen LogP contribution in [0.4, 0.5) is 0 Å². The molecule has 5 heteroatoms. The van der Waals surface area contributed by atoms with E-state index in [1.165, 1.54) is 0 Å². The summed E-state index contributed by atoms with van der Waals surface area (Å²) in [5.41, 5.74) is 6.36. The summed E-state index contributed by atoms with van der Waals surface area (Å²) in [6.45, 7) is 11.4. The molecule has 124 valence electrons. The lowest BCUT2D eigenvalue weighted by Crippen LogP contribution is -2.45. The van der Waals surface area contributed by atoms with Crippen LogP contribution in [-0.4, -0.2) is 24.2 Å². The number of benzene rings is 1. The second kappa shape index (κ2) is 7.34. The van der Waals surface area contributed by atoms with Gasteiger partial charge in [-0.1, -0.05) is 38.4 Å². The average Bonchev–Trinajstić information content (AvgIpc) is 2.35.